The molecule has 76 valence electrons. The summed E-state index contributed by atoms with van der Waals surface area (Å²) in [5.41, 5.74) is 0. The Hall–Kier alpha value is -0.0800. The maximum Gasteiger partial charge on any atom is 0.0597 e. The molecule has 0 aromatic heterocycles. The molecule has 1 heterocycles. The summed E-state index contributed by atoms with van der Waals surface area (Å²) in [7, 11) is 2.30. The van der Waals surface area contributed by atoms with Gasteiger partial charge in [-0.2, -0.15) is 0 Å². The quantitative estimate of drug-likeness (QED) is 0.702. The summed E-state index contributed by atoms with van der Waals surface area (Å²) in [6.45, 7) is 1.22. The third-order valence-corrected chi connectivity index (χ3v) is 3.68. The van der Waals surface area contributed by atoms with Gasteiger partial charge in [-0.25, -0.2) is 0 Å². The van der Waals surface area contributed by atoms with Crippen LogP contribution in [-0.4, -0.2) is 30.7 Å². The molecule has 1 aliphatic heterocycles. The average molecular weight is 182 g/mol. The SMILES string of the molecule is CN(C1CCCCC1)C1CCCN1. The van der Waals surface area contributed by atoms with Crippen LogP contribution in [0.4, 0.5) is 0 Å². The predicted octanol–water partition coefficient (Wildman–Crippen LogP) is 1.96. The fourth-order valence-corrected chi connectivity index (χ4v) is 2.76. The highest BCUT2D eigenvalue weighted by molar-refractivity contribution is 4.81. The Balaban J connectivity index is 1.83. The van der Waals surface area contributed by atoms with Gasteiger partial charge in [-0.15, -0.1) is 0 Å². The Morgan fingerprint density at radius 3 is 2.38 bits per heavy atom. The molecule has 2 nitrogen and oxygen atoms in total. The van der Waals surface area contributed by atoms with Gasteiger partial charge in [-0.3, -0.25) is 4.90 Å². The predicted molar refractivity (Wildman–Crippen MR) is 55.7 cm³/mol. The van der Waals surface area contributed by atoms with Crippen LogP contribution in [0, 0.1) is 0 Å². The van der Waals surface area contributed by atoms with Gasteiger partial charge < -0.3 is 5.32 Å². The summed E-state index contributed by atoms with van der Waals surface area (Å²) < 4.78 is 0. The molecule has 1 aliphatic carbocycles. The highest BCUT2D eigenvalue weighted by atomic mass is 15.3. The first-order chi connectivity index (χ1) is 6.38. The van der Waals surface area contributed by atoms with E-state index in [-0.39, 0.29) is 0 Å². The van der Waals surface area contributed by atoms with Crippen molar-refractivity contribution in [3.8, 4) is 0 Å². The second-order valence-electron chi connectivity index (χ2n) is 4.57. The van der Waals surface area contributed by atoms with Crippen molar-refractivity contribution in [3.63, 3.8) is 0 Å². The first-order valence-electron chi connectivity index (χ1n) is 5.83. The zero-order chi connectivity index (χ0) is 9.10. The van der Waals surface area contributed by atoms with Crippen molar-refractivity contribution in [3.05, 3.63) is 0 Å². The van der Waals surface area contributed by atoms with Gasteiger partial charge in [0, 0.05) is 6.04 Å². The van der Waals surface area contributed by atoms with Crippen LogP contribution >= 0.6 is 0 Å². The zero-order valence-electron chi connectivity index (χ0n) is 8.76. The maximum absolute atomic E-state index is 3.58. The molecule has 1 saturated heterocycles. The van der Waals surface area contributed by atoms with Crippen molar-refractivity contribution in [2.24, 2.45) is 0 Å². The molecule has 2 rings (SSSR count). The molecule has 2 fully saturated rings. The molecule has 0 amide bonds. The van der Waals surface area contributed by atoms with E-state index in [1.165, 1.54) is 51.5 Å². The van der Waals surface area contributed by atoms with Gasteiger partial charge in [0.25, 0.3) is 0 Å². The van der Waals surface area contributed by atoms with E-state index >= 15 is 0 Å². The smallest absolute Gasteiger partial charge is 0.0597 e. The molecule has 0 spiro atoms. The minimum Gasteiger partial charge on any atom is -0.302 e. The molecule has 0 aromatic rings. The Morgan fingerprint density at radius 1 is 1.00 bits per heavy atom. The number of rotatable bonds is 2. The molecule has 2 heteroatoms. The van der Waals surface area contributed by atoms with Crippen molar-refractivity contribution in [1.82, 2.24) is 10.2 Å². The average Bonchev–Trinajstić information content (AvgIpc) is 2.71. The lowest BCUT2D eigenvalue weighted by atomic mass is 9.94. The fourth-order valence-electron chi connectivity index (χ4n) is 2.76. The Bertz CT molecular complexity index is 146. The summed E-state index contributed by atoms with van der Waals surface area (Å²) in [6.07, 6.45) is 10.6. The van der Waals surface area contributed by atoms with Crippen LogP contribution in [0.3, 0.4) is 0 Å². The van der Waals surface area contributed by atoms with Crippen LogP contribution in [0.15, 0.2) is 0 Å². The van der Waals surface area contributed by atoms with Crippen LogP contribution in [0.1, 0.15) is 44.9 Å². The fraction of sp³-hybridized carbons (Fsp3) is 1.00. The molecule has 0 radical (unpaired) electrons. The highest BCUT2D eigenvalue weighted by Crippen LogP contribution is 2.24. The molecule has 0 aromatic carbocycles. The Morgan fingerprint density at radius 2 is 1.77 bits per heavy atom. The lowest BCUT2D eigenvalue weighted by Gasteiger charge is -2.35. The number of hydrogen-bond donors (Lipinski definition) is 1. The molecule has 2 aliphatic rings. The normalized spacial score (nSPS) is 31.4. The van der Waals surface area contributed by atoms with Gasteiger partial charge in [0.15, 0.2) is 0 Å². The van der Waals surface area contributed by atoms with E-state index in [2.05, 4.69) is 17.3 Å². The van der Waals surface area contributed by atoms with E-state index in [1.54, 1.807) is 0 Å². The molecule has 13 heavy (non-hydrogen) atoms. The van der Waals surface area contributed by atoms with E-state index < -0.39 is 0 Å². The zero-order valence-corrected chi connectivity index (χ0v) is 8.76. The van der Waals surface area contributed by atoms with Crippen molar-refractivity contribution < 1.29 is 0 Å². The molecular weight excluding hydrogens is 160 g/mol. The van der Waals surface area contributed by atoms with Gasteiger partial charge >= 0.3 is 0 Å². The third kappa shape index (κ3) is 2.23. The number of nitrogens with zero attached hydrogens (tertiary/aromatic N) is 1. The number of nitrogens with one attached hydrogen (secondary N) is 1. The molecular formula is C11H22N2. The van der Waals surface area contributed by atoms with Crippen molar-refractivity contribution in [2.75, 3.05) is 13.6 Å². The van der Waals surface area contributed by atoms with E-state index in [4.69, 9.17) is 0 Å². The van der Waals surface area contributed by atoms with Crippen LogP contribution in [0.5, 0.6) is 0 Å². The van der Waals surface area contributed by atoms with E-state index in [0.29, 0.717) is 6.17 Å². The summed E-state index contributed by atoms with van der Waals surface area (Å²) in [5.74, 6) is 0. The van der Waals surface area contributed by atoms with E-state index in [0.717, 1.165) is 6.04 Å². The Labute approximate surface area is 81.7 Å². The van der Waals surface area contributed by atoms with Gasteiger partial charge in [0.2, 0.25) is 0 Å². The van der Waals surface area contributed by atoms with Crippen molar-refractivity contribution in [2.45, 2.75) is 57.2 Å². The first kappa shape index (κ1) is 9.47. The third-order valence-electron chi connectivity index (χ3n) is 3.68. The summed E-state index contributed by atoms with van der Waals surface area (Å²) in [6, 6.07) is 0.865. The minimum absolute atomic E-state index is 0.683. The van der Waals surface area contributed by atoms with Gasteiger partial charge in [-0.05, 0) is 39.3 Å². The van der Waals surface area contributed by atoms with Crippen LogP contribution < -0.4 is 5.32 Å². The molecule has 0 bridgehead atoms. The first-order valence-corrected chi connectivity index (χ1v) is 5.83. The van der Waals surface area contributed by atoms with Gasteiger partial charge in [-0.1, -0.05) is 19.3 Å². The van der Waals surface area contributed by atoms with Crippen molar-refractivity contribution >= 4 is 0 Å². The maximum atomic E-state index is 3.58. The monoisotopic (exact) mass is 182 g/mol. The standard InChI is InChI=1S/C11H22N2/c1-13(11-8-5-9-12-11)10-6-3-2-4-7-10/h10-12H,2-9H2,1H3. The molecule has 1 atom stereocenters. The topological polar surface area (TPSA) is 15.3 Å². The second kappa shape index (κ2) is 4.43. The summed E-state index contributed by atoms with van der Waals surface area (Å²) in [5, 5.41) is 3.58. The minimum atomic E-state index is 0.683. The highest BCUT2D eigenvalue weighted by Gasteiger charge is 2.25. The largest absolute Gasteiger partial charge is 0.302 e. The Kier molecular flexibility index (Phi) is 3.23. The number of hydrogen-bond acceptors (Lipinski definition) is 2. The molecule has 1 N–H and O–H groups in total. The van der Waals surface area contributed by atoms with E-state index in [1.807, 2.05) is 0 Å². The van der Waals surface area contributed by atoms with Crippen LogP contribution in [-0.2, 0) is 0 Å². The van der Waals surface area contributed by atoms with Crippen LogP contribution in [0.25, 0.3) is 0 Å². The second-order valence-corrected chi connectivity index (χ2v) is 4.57. The van der Waals surface area contributed by atoms with Crippen molar-refractivity contribution in [1.29, 1.82) is 0 Å². The van der Waals surface area contributed by atoms with Gasteiger partial charge in [0.1, 0.15) is 0 Å². The molecule has 1 unspecified atom stereocenters. The van der Waals surface area contributed by atoms with Gasteiger partial charge in [0.05, 0.1) is 6.17 Å². The summed E-state index contributed by atoms with van der Waals surface area (Å²) >= 11 is 0. The van der Waals surface area contributed by atoms with E-state index in [9.17, 15) is 0 Å². The lowest BCUT2D eigenvalue weighted by molar-refractivity contribution is 0.127. The lowest BCUT2D eigenvalue weighted by Crippen LogP contribution is -2.46. The summed E-state index contributed by atoms with van der Waals surface area (Å²) in [4.78, 5) is 2.59. The van der Waals surface area contributed by atoms with Crippen LogP contribution in [0.2, 0.25) is 0 Å². The molecule has 1 saturated carbocycles.